The Balaban J connectivity index is 1.75. The minimum absolute atomic E-state index is 0.0353. The van der Waals surface area contributed by atoms with Crippen molar-refractivity contribution in [3.05, 3.63) is 35.4 Å². The highest BCUT2D eigenvalue weighted by molar-refractivity contribution is 5.29. The number of nitrogens with zero attached hydrogens (tertiary/aromatic N) is 5. The van der Waals surface area contributed by atoms with E-state index in [0.717, 1.165) is 31.0 Å². The molecule has 24 heavy (non-hydrogen) atoms. The molecule has 0 radical (unpaired) electrons. The Bertz CT molecular complexity index is 685. The summed E-state index contributed by atoms with van der Waals surface area (Å²) in [7, 11) is 1.94. The molecular formula is C17H26N6O. The zero-order chi connectivity index (χ0) is 17.1. The van der Waals surface area contributed by atoms with Gasteiger partial charge >= 0.3 is 0 Å². The summed E-state index contributed by atoms with van der Waals surface area (Å²) in [5, 5.41) is 7.66. The number of rotatable bonds is 5. The van der Waals surface area contributed by atoms with E-state index in [4.69, 9.17) is 4.74 Å². The van der Waals surface area contributed by atoms with Crippen molar-refractivity contribution in [1.29, 1.82) is 0 Å². The summed E-state index contributed by atoms with van der Waals surface area (Å²) in [5.41, 5.74) is 3.28. The van der Waals surface area contributed by atoms with Gasteiger partial charge in [0.2, 0.25) is 5.95 Å². The topological polar surface area (TPSA) is 68.1 Å². The number of hydrogen-bond acceptors (Lipinski definition) is 6. The molecule has 1 saturated heterocycles. The standard InChI is InChI=1S/C17H26N6O/c1-5-23-6-7-24-15(16(23)14-9-20-22(4)11-14)10-19-17-18-8-12(2)13(3)21-17/h8-9,11,15-16H,5-7,10H2,1-4H3,(H,18,19,21)/t15-,16-/m0/s1. The molecule has 3 heterocycles. The number of hydrogen-bond donors (Lipinski definition) is 1. The number of nitrogens with one attached hydrogen (secondary N) is 1. The molecule has 0 amide bonds. The van der Waals surface area contributed by atoms with E-state index >= 15 is 0 Å². The van der Waals surface area contributed by atoms with E-state index < -0.39 is 0 Å². The van der Waals surface area contributed by atoms with Gasteiger partial charge in [-0.3, -0.25) is 9.58 Å². The molecule has 3 rings (SSSR count). The van der Waals surface area contributed by atoms with Crippen LogP contribution < -0.4 is 5.32 Å². The summed E-state index contributed by atoms with van der Waals surface area (Å²) < 4.78 is 7.91. The molecule has 2 atom stereocenters. The van der Waals surface area contributed by atoms with Crippen molar-refractivity contribution in [2.75, 3.05) is 31.6 Å². The van der Waals surface area contributed by atoms with Crippen molar-refractivity contribution >= 4 is 5.95 Å². The fourth-order valence-corrected chi connectivity index (χ4v) is 3.13. The summed E-state index contributed by atoms with van der Waals surface area (Å²) in [6, 6.07) is 0.191. The van der Waals surface area contributed by atoms with E-state index in [-0.39, 0.29) is 12.1 Å². The summed E-state index contributed by atoms with van der Waals surface area (Å²) in [6.07, 6.45) is 5.89. The van der Waals surface area contributed by atoms with Gasteiger partial charge in [0.05, 0.1) is 24.9 Å². The fourth-order valence-electron chi connectivity index (χ4n) is 3.13. The summed E-state index contributed by atoms with van der Waals surface area (Å²) >= 11 is 0. The molecule has 1 aliphatic rings. The average molecular weight is 330 g/mol. The smallest absolute Gasteiger partial charge is 0.222 e. The van der Waals surface area contributed by atoms with Crippen LogP contribution in [0.15, 0.2) is 18.6 Å². The molecule has 0 aliphatic carbocycles. The van der Waals surface area contributed by atoms with Gasteiger partial charge in [-0.05, 0) is 26.0 Å². The van der Waals surface area contributed by atoms with Crippen LogP contribution in [-0.2, 0) is 11.8 Å². The van der Waals surface area contributed by atoms with E-state index in [9.17, 15) is 0 Å². The second-order valence-corrected chi connectivity index (χ2v) is 6.27. The third kappa shape index (κ3) is 3.57. The van der Waals surface area contributed by atoms with Gasteiger partial charge < -0.3 is 10.1 Å². The van der Waals surface area contributed by atoms with Gasteiger partial charge in [0.25, 0.3) is 0 Å². The molecule has 1 N–H and O–H groups in total. The Morgan fingerprint density at radius 1 is 1.33 bits per heavy atom. The maximum Gasteiger partial charge on any atom is 0.222 e. The van der Waals surface area contributed by atoms with Gasteiger partial charge in [0.1, 0.15) is 0 Å². The number of aryl methyl sites for hydroxylation is 3. The van der Waals surface area contributed by atoms with Crippen LogP contribution in [0.1, 0.15) is 29.8 Å². The third-order valence-corrected chi connectivity index (χ3v) is 4.61. The SMILES string of the molecule is CCN1CCO[C@@H](CNc2ncc(C)c(C)n2)[C@@H]1c1cnn(C)c1. The highest BCUT2D eigenvalue weighted by atomic mass is 16.5. The second-order valence-electron chi connectivity index (χ2n) is 6.27. The van der Waals surface area contributed by atoms with Gasteiger partial charge in [0, 0.05) is 43.8 Å². The van der Waals surface area contributed by atoms with Gasteiger partial charge in [0.15, 0.2) is 0 Å². The molecule has 0 spiro atoms. The summed E-state index contributed by atoms with van der Waals surface area (Å²) in [5.74, 6) is 0.653. The Labute approximate surface area is 143 Å². The lowest BCUT2D eigenvalue weighted by atomic mass is 10.0. The van der Waals surface area contributed by atoms with Crippen molar-refractivity contribution in [1.82, 2.24) is 24.6 Å². The summed E-state index contributed by atoms with van der Waals surface area (Å²) in [4.78, 5) is 11.3. The highest BCUT2D eigenvalue weighted by Gasteiger charge is 2.33. The number of anilines is 1. The van der Waals surface area contributed by atoms with Gasteiger partial charge in [-0.1, -0.05) is 6.92 Å². The quantitative estimate of drug-likeness (QED) is 0.900. The van der Waals surface area contributed by atoms with Crippen molar-refractivity contribution < 1.29 is 4.74 Å². The van der Waals surface area contributed by atoms with Crippen LogP contribution in [0.5, 0.6) is 0 Å². The highest BCUT2D eigenvalue weighted by Crippen LogP contribution is 2.29. The third-order valence-electron chi connectivity index (χ3n) is 4.61. The number of likely N-dealkylation sites (N-methyl/N-ethyl adjacent to an activating group) is 1. The predicted octanol–water partition coefficient (Wildman–Crippen LogP) is 1.70. The number of aromatic nitrogens is 4. The van der Waals surface area contributed by atoms with Crippen LogP contribution >= 0.6 is 0 Å². The minimum Gasteiger partial charge on any atom is -0.373 e. The molecule has 7 nitrogen and oxygen atoms in total. The van der Waals surface area contributed by atoms with Gasteiger partial charge in [-0.25, -0.2) is 9.97 Å². The van der Waals surface area contributed by atoms with Gasteiger partial charge in [-0.2, -0.15) is 5.10 Å². The van der Waals surface area contributed by atoms with Gasteiger partial charge in [-0.15, -0.1) is 0 Å². The van der Waals surface area contributed by atoms with E-state index in [0.29, 0.717) is 12.5 Å². The Morgan fingerprint density at radius 3 is 2.83 bits per heavy atom. The molecule has 7 heteroatoms. The number of morpholine rings is 1. The molecule has 0 saturated carbocycles. The Hall–Kier alpha value is -1.99. The largest absolute Gasteiger partial charge is 0.373 e. The van der Waals surface area contributed by atoms with Crippen LogP contribution in [0.2, 0.25) is 0 Å². The van der Waals surface area contributed by atoms with E-state index in [1.165, 1.54) is 5.56 Å². The lowest BCUT2D eigenvalue weighted by Crippen LogP contribution is -2.47. The first-order chi connectivity index (χ1) is 11.6. The van der Waals surface area contributed by atoms with Crippen LogP contribution in [0.3, 0.4) is 0 Å². The van der Waals surface area contributed by atoms with Crippen molar-refractivity contribution in [2.45, 2.75) is 32.9 Å². The van der Waals surface area contributed by atoms with E-state index in [1.807, 2.05) is 38.0 Å². The first-order valence-corrected chi connectivity index (χ1v) is 8.46. The lowest BCUT2D eigenvalue weighted by molar-refractivity contribution is -0.0640. The van der Waals surface area contributed by atoms with E-state index in [1.54, 1.807) is 0 Å². The lowest BCUT2D eigenvalue weighted by Gasteiger charge is -2.40. The zero-order valence-electron chi connectivity index (χ0n) is 14.9. The molecule has 2 aromatic heterocycles. The zero-order valence-corrected chi connectivity index (χ0v) is 14.9. The fraction of sp³-hybridized carbons (Fsp3) is 0.588. The first kappa shape index (κ1) is 16.9. The Morgan fingerprint density at radius 2 is 2.17 bits per heavy atom. The maximum atomic E-state index is 6.07. The van der Waals surface area contributed by atoms with Crippen LogP contribution in [0, 0.1) is 13.8 Å². The van der Waals surface area contributed by atoms with Crippen molar-refractivity contribution in [2.24, 2.45) is 7.05 Å². The molecule has 130 valence electrons. The Kier molecular flexibility index (Phi) is 5.11. The van der Waals surface area contributed by atoms with Crippen LogP contribution in [0.25, 0.3) is 0 Å². The molecule has 0 aromatic carbocycles. The second kappa shape index (κ2) is 7.27. The minimum atomic E-state index is 0.0353. The summed E-state index contributed by atoms with van der Waals surface area (Å²) in [6.45, 7) is 9.53. The molecule has 0 unspecified atom stereocenters. The molecule has 1 fully saturated rings. The normalized spacial score (nSPS) is 21.8. The predicted molar refractivity (Wildman–Crippen MR) is 92.9 cm³/mol. The number of ether oxygens (including phenoxy) is 1. The average Bonchev–Trinajstić information content (AvgIpc) is 3.01. The van der Waals surface area contributed by atoms with Crippen molar-refractivity contribution in [3.8, 4) is 0 Å². The molecule has 0 bridgehead atoms. The molecule has 1 aliphatic heterocycles. The van der Waals surface area contributed by atoms with Crippen molar-refractivity contribution in [3.63, 3.8) is 0 Å². The van der Waals surface area contributed by atoms with Crippen LogP contribution in [-0.4, -0.2) is 57.0 Å². The monoisotopic (exact) mass is 330 g/mol. The van der Waals surface area contributed by atoms with E-state index in [2.05, 4.69) is 38.4 Å². The maximum absolute atomic E-state index is 6.07. The van der Waals surface area contributed by atoms with Crippen LogP contribution in [0.4, 0.5) is 5.95 Å². The first-order valence-electron chi connectivity index (χ1n) is 8.46. The molecule has 2 aromatic rings. The molecular weight excluding hydrogens is 304 g/mol.